The van der Waals surface area contributed by atoms with Crippen LogP contribution in [0.25, 0.3) is 0 Å². The Kier molecular flexibility index (Phi) is 3.30. The SMILES string of the molecule is Cl.Nc1cc(N)c(O)c(Cl)c1O. The first-order chi connectivity index (χ1) is 5.04. The molecule has 6 N–H and O–H groups in total. The third-order valence-electron chi connectivity index (χ3n) is 1.27. The third-order valence-corrected chi connectivity index (χ3v) is 1.63. The molecule has 0 amide bonds. The number of phenols is 2. The van der Waals surface area contributed by atoms with Gasteiger partial charge in [0.05, 0.1) is 11.4 Å². The van der Waals surface area contributed by atoms with Crippen molar-refractivity contribution in [2.45, 2.75) is 0 Å². The number of rotatable bonds is 0. The van der Waals surface area contributed by atoms with Gasteiger partial charge in [-0.2, -0.15) is 0 Å². The van der Waals surface area contributed by atoms with Gasteiger partial charge in [-0.1, -0.05) is 11.6 Å². The van der Waals surface area contributed by atoms with E-state index in [4.69, 9.17) is 33.3 Å². The summed E-state index contributed by atoms with van der Waals surface area (Å²) in [6, 6.07) is 1.23. The molecule has 0 saturated carbocycles. The minimum Gasteiger partial charge on any atom is -0.504 e. The highest BCUT2D eigenvalue weighted by Crippen LogP contribution is 2.41. The van der Waals surface area contributed by atoms with Crippen LogP contribution < -0.4 is 11.5 Å². The number of nitrogen functional groups attached to an aromatic ring is 2. The van der Waals surface area contributed by atoms with Crippen LogP contribution in [0.2, 0.25) is 5.02 Å². The number of hydrogen-bond acceptors (Lipinski definition) is 4. The Morgan fingerprint density at radius 2 is 1.42 bits per heavy atom. The summed E-state index contributed by atoms with van der Waals surface area (Å²) >= 11 is 5.43. The molecule has 0 saturated heterocycles. The molecule has 4 nitrogen and oxygen atoms in total. The molecule has 0 aliphatic rings. The van der Waals surface area contributed by atoms with E-state index in [2.05, 4.69) is 0 Å². The molecule has 0 aliphatic carbocycles. The number of aromatic hydroxyl groups is 2. The van der Waals surface area contributed by atoms with Crippen molar-refractivity contribution >= 4 is 35.4 Å². The predicted octanol–water partition coefficient (Wildman–Crippen LogP) is 1.34. The smallest absolute Gasteiger partial charge is 0.161 e. The van der Waals surface area contributed by atoms with Crippen LogP contribution in [0.5, 0.6) is 11.5 Å². The van der Waals surface area contributed by atoms with E-state index in [0.29, 0.717) is 0 Å². The van der Waals surface area contributed by atoms with Gasteiger partial charge in [0.2, 0.25) is 0 Å². The molecule has 1 aromatic carbocycles. The second kappa shape index (κ2) is 3.60. The molecule has 0 aromatic heterocycles. The van der Waals surface area contributed by atoms with Crippen LogP contribution in [-0.2, 0) is 0 Å². The molecule has 0 unspecified atom stereocenters. The fourth-order valence-corrected chi connectivity index (χ4v) is 0.888. The Hall–Kier alpha value is -1.00. The van der Waals surface area contributed by atoms with Crippen LogP contribution >= 0.6 is 24.0 Å². The number of hydrogen-bond donors (Lipinski definition) is 4. The zero-order valence-electron chi connectivity index (χ0n) is 5.91. The van der Waals surface area contributed by atoms with E-state index in [1.54, 1.807) is 0 Å². The summed E-state index contributed by atoms with van der Waals surface area (Å²) in [6.45, 7) is 0. The van der Waals surface area contributed by atoms with E-state index in [1.165, 1.54) is 6.07 Å². The molecular weight excluding hydrogens is 203 g/mol. The number of nitrogens with two attached hydrogens (primary N) is 2. The first kappa shape index (κ1) is 11.0. The predicted molar refractivity (Wildman–Crippen MR) is 50.9 cm³/mol. The van der Waals surface area contributed by atoms with Crippen molar-refractivity contribution in [2.24, 2.45) is 0 Å². The fourth-order valence-electron chi connectivity index (χ4n) is 0.670. The zero-order chi connectivity index (χ0) is 8.59. The molecular formula is C6H8Cl2N2O2. The van der Waals surface area contributed by atoms with E-state index >= 15 is 0 Å². The van der Waals surface area contributed by atoms with E-state index in [-0.39, 0.29) is 40.3 Å². The highest BCUT2D eigenvalue weighted by molar-refractivity contribution is 6.34. The van der Waals surface area contributed by atoms with Crippen LogP contribution in [0.3, 0.4) is 0 Å². The summed E-state index contributed by atoms with van der Waals surface area (Å²) in [5, 5.41) is 17.9. The molecule has 0 atom stereocenters. The van der Waals surface area contributed by atoms with Gasteiger partial charge in [0.15, 0.2) is 11.5 Å². The van der Waals surface area contributed by atoms with Crippen molar-refractivity contribution in [3.05, 3.63) is 11.1 Å². The summed E-state index contributed by atoms with van der Waals surface area (Å²) in [6.07, 6.45) is 0. The second-order valence-electron chi connectivity index (χ2n) is 2.07. The van der Waals surface area contributed by atoms with Crippen LogP contribution in [0, 0.1) is 0 Å². The lowest BCUT2D eigenvalue weighted by Gasteiger charge is -2.05. The van der Waals surface area contributed by atoms with Crippen molar-refractivity contribution in [1.29, 1.82) is 0 Å². The van der Waals surface area contributed by atoms with Crippen molar-refractivity contribution in [3.63, 3.8) is 0 Å². The van der Waals surface area contributed by atoms with Gasteiger partial charge in [-0.3, -0.25) is 0 Å². The monoisotopic (exact) mass is 210 g/mol. The number of benzene rings is 1. The summed E-state index contributed by atoms with van der Waals surface area (Å²) in [4.78, 5) is 0. The van der Waals surface area contributed by atoms with Gasteiger partial charge >= 0.3 is 0 Å². The molecule has 6 heteroatoms. The lowest BCUT2D eigenvalue weighted by Crippen LogP contribution is -1.91. The molecule has 0 spiro atoms. The normalized spacial score (nSPS) is 9.08. The topological polar surface area (TPSA) is 92.5 Å². The van der Waals surface area contributed by atoms with Gasteiger partial charge in [-0.05, 0) is 6.07 Å². The zero-order valence-corrected chi connectivity index (χ0v) is 7.49. The molecule has 0 heterocycles. The largest absolute Gasteiger partial charge is 0.504 e. The third kappa shape index (κ3) is 1.60. The lowest BCUT2D eigenvalue weighted by molar-refractivity contribution is 0.454. The van der Waals surface area contributed by atoms with Gasteiger partial charge in [-0.25, -0.2) is 0 Å². The first-order valence-electron chi connectivity index (χ1n) is 2.79. The minimum atomic E-state index is -0.349. The van der Waals surface area contributed by atoms with Crippen LogP contribution in [0.4, 0.5) is 11.4 Å². The molecule has 1 rings (SSSR count). The molecule has 0 fully saturated rings. The maximum absolute atomic E-state index is 9.04. The maximum Gasteiger partial charge on any atom is 0.161 e. The van der Waals surface area contributed by atoms with Crippen LogP contribution in [0.15, 0.2) is 6.07 Å². The lowest BCUT2D eigenvalue weighted by atomic mass is 10.2. The van der Waals surface area contributed by atoms with E-state index in [9.17, 15) is 0 Å². The minimum absolute atomic E-state index is 0. The quantitative estimate of drug-likeness (QED) is 0.296. The Bertz CT molecular complexity index is 278. The highest BCUT2D eigenvalue weighted by atomic mass is 35.5. The molecule has 1 aromatic rings. The summed E-state index contributed by atoms with van der Waals surface area (Å²) in [7, 11) is 0. The molecule has 0 aliphatic heterocycles. The molecule has 12 heavy (non-hydrogen) atoms. The highest BCUT2D eigenvalue weighted by Gasteiger charge is 2.11. The van der Waals surface area contributed by atoms with Gasteiger partial charge in [0.1, 0.15) is 5.02 Å². The Morgan fingerprint density at radius 3 is 1.75 bits per heavy atom. The Morgan fingerprint density at radius 1 is 1.08 bits per heavy atom. The molecule has 0 bridgehead atoms. The summed E-state index contributed by atoms with van der Waals surface area (Å²) in [5.74, 6) is -0.697. The maximum atomic E-state index is 9.04. The van der Waals surface area contributed by atoms with Crippen molar-refractivity contribution < 1.29 is 10.2 Å². The summed E-state index contributed by atoms with van der Waals surface area (Å²) in [5.41, 5.74) is 10.6. The van der Waals surface area contributed by atoms with E-state index < -0.39 is 0 Å². The van der Waals surface area contributed by atoms with Gasteiger partial charge in [-0.15, -0.1) is 12.4 Å². The van der Waals surface area contributed by atoms with Crippen molar-refractivity contribution in [1.82, 2.24) is 0 Å². The van der Waals surface area contributed by atoms with Crippen LogP contribution in [-0.4, -0.2) is 10.2 Å². The Labute approximate surface area is 80.2 Å². The average molecular weight is 211 g/mol. The number of phenolic OH excluding ortho intramolecular Hbond substituents is 2. The fraction of sp³-hybridized carbons (Fsp3) is 0. The number of halogens is 2. The second-order valence-corrected chi connectivity index (χ2v) is 2.44. The Balaban J connectivity index is 0.00000121. The van der Waals surface area contributed by atoms with Crippen molar-refractivity contribution in [2.75, 3.05) is 11.5 Å². The number of anilines is 2. The average Bonchev–Trinajstić information content (AvgIpc) is 1.97. The van der Waals surface area contributed by atoms with Gasteiger partial charge in [0, 0.05) is 0 Å². The van der Waals surface area contributed by atoms with E-state index in [1.807, 2.05) is 0 Å². The van der Waals surface area contributed by atoms with Gasteiger partial charge in [0.25, 0.3) is 0 Å². The van der Waals surface area contributed by atoms with E-state index in [0.717, 1.165) is 0 Å². The molecule has 0 radical (unpaired) electrons. The summed E-state index contributed by atoms with van der Waals surface area (Å²) < 4.78 is 0. The standard InChI is InChI=1S/C6H7ClN2O2.ClH/c7-4-5(10)2(8)1-3(9)6(4)11;/h1,10-11H,8-9H2;1H. The molecule has 68 valence electrons. The first-order valence-corrected chi connectivity index (χ1v) is 3.17. The van der Waals surface area contributed by atoms with Gasteiger partial charge < -0.3 is 21.7 Å². The van der Waals surface area contributed by atoms with Crippen LogP contribution in [0.1, 0.15) is 0 Å². The van der Waals surface area contributed by atoms with Crippen molar-refractivity contribution in [3.8, 4) is 11.5 Å².